The van der Waals surface area contributed by atoms with E-state index in [1.54, 1.807) is 0 Å². The summed E-state index contributed by atoms with van der Waals surface area (Å²) in [5.74, 6) is 0.985. The summed E-state index contributed by atoms with van der Waals surface area (Å²) < 4.78 is 11.5. The van der Waals surface area contributed by atoms with Crippen LogP contribution in [0.2, 0.25) is 0 Å². The Labute approximate surface area is 184 Å². The molecule has 31 heavy (non-hydrogen) atoms. The fraction of sp³-hybridized carbons (Fsp3) is 0.269. The quantitative estimate of drug-likeness (QED) is 0.486. The summed E-state index contributed by atoms with van der Waals surface area (Å²) in [5, 5.41) is 6.28. The topological polar surface area (TPSA) is 59.6 Å². The second kappa shape index (κ2) is 11.2. The second-order valence-electron chi connectivity index (χ2n) is 7.51. The molecule has 0 fully saturated rings. The number of hydrogen-bond acceptors (Lipinski definition) is 4. The van der Waals surface area contributed by atoms with Crippen LogP contribution in [0.3, 0.4) is 0 Å². The predicted octanol–water partition coefficient (Wildman–Crippen LogP) is 5.01. The van der Waals surface area contributed by atoms with Crippen molar-refractivity contribution in [2.45, 2.75) is 33.9 Å². The molecule has 0 radical (unpaired) electrons. The van der Waals surface area contributed by atoms with Crippen molar-refractivity contribution in [2.24, 2.45) is 0 Å². The zero-order chi connectivity index (χ0) is 22.1. The van der Waals surface area contributed by atoms with E-state index in [-0.39, 0.29) is 12.5 Å². The van der Waals surface area contributed by atoms with Gasteiger partial charge in [-0.1, -0.05) is 53.6 Å². The Morgan fingerprint density at radius 2 is 1.39 bits per heavy atom. The molecule has 0 aliphatic rings. The number of carbonyl (C=O) groups is 1. The maximum absolute atomic E-state index is 12.2. The molecule has 3 aromatic carbocycles. The smallest absolute Gasteiger partial charge is 0.262 e. The molecule has 162 valence electrons. The van der Waals surface area contributed by atoms with Crippen LogP contribution in [0, 0.1) is 13.8 Å². The van der Waals surface area contributed by atoms with Crippen molar-refractivity contribution in [1.29, 1.82) is 0 Å². The second-order valence-corrected chi connectivity index (χ2v) is 7.51. The van der Waals surface area contributed by atoms with Crippen LogP contribution in [0.25, 0.3) is 0 Å². The van der Waals surface area contributed by atoms with Crippen LogP contribution in [0.4, 0.5) is 5.69 Å². The maximum atomic E-state index is 12.2. The van der Waals surface area contributed by atoms with E-state index < -0.39 is 0 Å². The van der Waals surface area contributed by atoms with Crippen LogP contribution < -0.4 is 20.1 Å². The molecule has 0 spiro atoms. The summed E-state index contributed by atoms with van der Waals surface area (Å²) >= 11 is 0. The van der Waals surface area contributed by atoms with Crippen molar-refractivity contribution in [1.82, 2.24) is 5.32 Å². The van der Waals surface area contributed by atoms with Gasteiger partial charge in [0.15, 0.2) is 18.1 Å². The Morgan fingerprint density at radius 3 is 2.06 bits per heavy atom. The van der Waals surface area contributed by atoms with Crippen molar-refractivity contribution in [3.05, 3.63) is 89.0 Å². The molecule has 0 aliphatic heterocycles. The van der Waals surface area contributed by atoms with E-state index in [1.165, 1.54) is 11.1 Å². The number of nitrogens with one attached hydrogen (secondary N) is 2. The average molecular weight is 419 g/mol. The maximum Gasteiger partial charge on any atom is 0.262 e. The molecule has 0 bridgehead atoms. The molecule has 0 aliphatic carbocycles. The first-order valence-corrected chi connectivity index (χ1v) is 10.5. The van der Waals surface area contributed by atoms with Crippen molar-refractivity contribution in [3.63, 3.8) is 0 Å². The molecule has 0 saturated heterocycles. The van der Waals surface area contributed by atoms with Gasteiger partial charge < -0.3 is 20.1 Å². The minimum atomic E-state index is -0.213. The van der Waals surface area contributed by atoms with Crippen molar-refractivity contribution in [2.75, 3.05) is 18.5 Å². The van der Waals surface area contributed by atoms with Crippen molar-refractivity contribution < 1.29 is 14.3 Å². The van der Waals surface area contributed by atoms with Gasteiger partial charge in [-0.2, -0.15) is 0 Å². The molecule has 5 heteroatoms. The molecule has 2 N–H and O–H groups in total. The van der Waals surface area contributed by atoms with Gasteiger partial charge in [0, 0.05) is 18.8 Å². The summed E-state index contributed by atoms with van der Waals surface area (Å²) in [6.45, 7) is 7.96. The summed E-state index contributed by atoms with van der Waals surface area (Å²) in [6.07, 6.45) is 0. The lowest BCUT2D eigenvalue weighted by Crippen LogP contribution is -2.20. The van der Waals surface area contributed by atoms with E-state index >= 15 is 0 Å². The SMILES string of the molecule is CCOc1cc(CNCc2ccc(C)cc2)ccc1OCC(=O)Nc1ccc(C)cc1. The molecule has 3 aromatic rings. The van der Waals surface area contributed by atoms with Gasteiger partial charge in [-0.15, -0.1) is 0 Å². The minimum Gasteiger partial charge on any atom is -0.490 e. The fourth-order valence-electron chi connectivity index (χ4n) is 3.08. The normalized spacial score (nSPS) is 10.5. The fourth-order valence-corrected chi connectivity index (χ4v) is 3.08. The summed E-state index contributed by atoms with van der Waals surface area (Å²) in [6, 6.07) is 21.9. The van der Waals surface area contributed by atoms with Gasteiger partial charge in [0.25, 0.3) is 5.91 Å². The average Bonchev–Trinajstić information content (AvgIpc) is 2.76. The van der Waals surface area contributed by atoms with Gasteiger partial charge in [-0.25, -0.2) is 0 Å². The van der Waals surface area contributed by atoms with Crippen LogP contribution in [-0.4, -0.2) is 19.1 Å². The van der Waals surface area contributed by atoms with Gasteiger partial charge in [0.1, 0.15) is 0 Å². The van der Waals surface area contributed by atoms with Crippen LogP contribution in [0.1, 0.15) is 29.2 Å². The van der Waals surface area contributed by atoms with E-state index in [1.807, 2.05) is 56.3 Å². The number of aryl methyl sites for hydroxylation is 2. The number of hydrogen-bond donors (Lipinski definition) is 2. The zero-order valence-electron chi connectivity index (χ0n) is 18.4. The Balaban J connectivity index is 1.54. The lowest BCUT2D eigenvalue weighted by Gasteiger charge is -2.14. The third-order valence-electron chi connectivity index (χ3n) is 4.78. The Hall–Kier alpha value is -3.31. The summed E-state index contributed by atoms with van der Waals surface area (Å²) in [5.41, 5.74) is 5.48. The van der Waals surface area contributed by atoms with Gasteiger partial charge in [0.05, 0.1) is 6.61 Å². The zero-order valence-corrected chi connectivity index (χ0v) is 18.4. The van der Waals surface area contributed by atoms with Gasteiger partial charge in [0.2, 0.25) is 0 Å². The van der Waals surface area contributed by atoms with Crippen LogP contribution >= 0.6 is 0 Å². The lowest BCUT2D eigenvalue weighted by molar-refractivity contribution is -0.118. The molecule has 0 heterocycles. The van der Waals surface area contributed by atoms with E-state index in [0.29, 0.717) is 24.7 Å². The van der Waals surface area contributed by atoms with E-state index in [9.17, 15) is 4.79 Å². The Kier molecular flexibility index (Phi) is 8.07. The number of anilines is 1. The highest BCUT2D eigenvalue weighted by Crippen LogP contribution is 2.28. The lowest BCUT2D eigenvalue weighted by atomic mass is 10.1. The highest BCUT2D eigenvalue weighted by molar-refractivity contribution is 5.91. The Morgan fingerprint density at radius 1 is 0.774 bits per heavy atom. The van der Waals surface area contributed by atoms with Gasteiger partial charge >= 0.3 is 0 Å². The molecule has 0 aromatic heterocycles. The van der Waals surface area contributed by atoms with Gasteiger partial charge in [-0.05, 0) is 56.2 Å². The largest absolute Gasteiger partial charge is 0.490 e. The minimum absolute atomic E-state index is 0.0844. The van der Waals surface area contributed by atoms with Crippen molar-refractivity contribution >= 4 is 11.6 Å². The molecular formula is C26H30N2O3. The first-order chi connectivity index (χ1) is 15.0. The van der Waals surface area contributed by atoms with Crippen molar-refractivity contribution in [3.8, 4) is 11.5 Å². The Bertz CT molecular complexity index is 983. The number of ether oxygens (including phenoxy) is 2. The molecule has 5 nitrogen and oxygen atoms in total. The number of rotatable bonds is 10. The number of benzene rings is 3. The van der Waals surface area contributed by atoms with Crippen LogP contribution in [0.15, 0.2) is 66.7 Å². The van der Waals surface area contributed by atoms with E-state index in [2.05, 4.69) is 41.8 Å². The molecule has 1 amide bonds. The monoisotopic (exact) mass is 418 g/mol. The molecule has 0 unspecified atom stereocenters. The predicted molar refractivity (Wildman–Crippen MR) is 125 cm³/mol. The highest BCUT2D eigenvalue weighted by Gasteiger charge is 2.10. The summed E-state index contributed by atoms with van der Waals surface area (Å²) in [7, 11) is 0. The highest BCUT2D eigenvalue weighted by atomic mass is 16.5. The number of amides is 1. The van der Waals surface area contributed by atoms with Crippen LogP contribution in [-0.2, 0) is 17.9 Å². The van der Waals surface area contributed by atoms with Gasteiger partial charge in [-0.3, -0.25) is 4.79 Å². The molecule has 0 atom stereocenters. The molecule has 3 rings (SSSR count). The third kappa shape index (κ3) is 7.15. The number of carbonyl (C=O) groups excluding carboxylic acids is 1. The molecule has 0 saturated carbocycles. The van der Waals surface area contributed by atoms with E-state index in [4.69, 9.17) is 9.47 Å². The van der Waals surface area contributed by atoms with E-state index in [0.717, 1.165) is 23.4 Å². The first-order valence-electron chi connectivity index (χ1n) is 10.5. The molecular weight excluding hydrogens is 388 g/mol. The first kappa shape index (κ1) is 22.4. The standard InChI is InChI=1S/C26H30N2O3/c1-4-30-25-15-22(17-27-16-21-9-5-19(2)6-10-21)11-14-24(25)31-18-26(29)28-23-12-7-20(3)8-13-23/h5-15,27H,4,16-18H2,1-3H3,(H,28,29). The van der Waals surface area contributed by atoms with Crippen LogP contribution in [0.5, 0.6) is 11.5 Å². The summed E-state index contributed by atoms with van der Waals surface area (Å²) in [4.78, 5) is 12.2. The third-order valence-corrected chi connectivity index (χ3v) is 4.78.